The first kappa shape index (κ1) is 21.0. The van der Waals surface area contributed by atoms with Crippen molar-refractivity contribution in [1.29, 1.82) is 0 Å². The predicted octanol–water partition coefficient (Wildman–Crippen LogP) is 2.13. The fraction of sp³-hybridized carbons (Fsp3) is 0.286. The van der Waals surface area contributed by atoms with Crippen molar-refractivity contribution in [1.82, 2.24) is 10.6 Å². The van der Waals surface area contributed by atoms with E-state index in [0.717, 1.165) is 11.3 Å². The van der Waals surface area contributed by atoms with Gasteiger partial charge in [0.15, 0.2) is 0 Å². The van der Waals surface area contributed by atoms with Crippen LogP contribution in [0, 0.1) is 0 Å². The average Bonchev–Trinajstić information content (AvgIpc) is 2.67. The van der Waals surface area contributed by atoms with E-state index >= 15 is 0 Å². The standard InChI is InChI=1S/C21H25N3O4/c1-3-28-19-10-4-16(5-11-19)14-20(26)24-18-8-6-17(7-9-18)21(27)23-13-12-22-15(2)25/h4-11H,3,12-14H2,1-2H3,(H,22,25)(H,23,27)(H,24,26). The Kier molecular flexibility index (Phi) is 8.02. The van der Waals surface area contributed by atoms with Gasteiger partial charge in [0.25, 0.3) is 5.91 Å². The van der Waals surface area contributed by atoms with Crippen molar-refractivity contribution >= 4 is 23.4 Å². The zero-order valence-corrected chi connectivity index (χ0v) is 16.1. The third-order valence-electron chi connectivity index (χ3n) is 3.81. The number of anilines is 1. The molecule has 3 amide bonds. The number of benzene rings is 2. The number of ether oxygens (including phenoxy) is 1. The van der Waals surface area contributed by atoms with Crippen molar-refractivity contribution in [2.45, 2.75) is 20.3 Å². The van der Waals surface area contributed by atoms with E-state index in [4.69, 9.17) is 4.74 Å². The van der Waals surface area contributed by atoms with Crippen LogP contribution < -0.4 is 20.7 Å². The molecular formula is C21H25N3O4. The molecular weight excluding hydrogens is 358 g/mol. The lowest BCUT2D eigenvalue weighted by molar-refractivity contribution is -0.119. The molecule has 3 N–H and O–H groups in total. The second-order valence-corrected chi connectivity index (χ2v) is 6.12. The van der Waals surface area contributed by atoms with Crippen LogP contribution >= 0.6 is 0 Å². The lowest BCUT2D eigenvalue weighted by atomic mass is 10.1. The van der Waals surface area contributed by atoms with Crippen LogP contribution in [-0.4, -0.2) is 37.4 Å². The maximum absolute atomic E-state index is 12.2. The molecule has 0 fully saturated rings. The lowest BCUT2D eigenvalue weighted by Crippen LogP contribution is -2.33. The molecule has 2 aromatic carbocycles. The second-order valence-electron chi connectivity index (χ2n) is 6.12. The first-order valence-electron chi connectivity index (χ1n) is 9.12. The Hall–Kier alpha value is -3.35. The molecule has 0 saturated carbocycles. The van der Waals surface area contributed by atoms with E-state index in [-0.39, 0.29) is 24.1 Å². The van der Waals surface area contributed by atoms with Gasteiger partial charge in [-0.15, -0.1) is 0 Å². The normalized spacial score (nSPS) is 10.1. The van der Waals surface area contributed by atoms with Gasteiger partial charge < -0.3 is 20.7 Å². The summed E-state index contributed by atoms with van der Waals surface area (Å²) in [5, 5.41) is 8.13. The van der Waals surface area contributed by atoms with E-state index in [1.54, 1.807) is 24.3 Å². The lowest BCUT2D eigenvalue weighted by Gasteiger charge is -2.08. The number of hydrogen-bond acceptors (Lipinski definition) is 4. The Bertz CT molecular complexity index is 801. The van der Waals surface area contributed by atoms with Crippen LogP contribution in [0.15, 0.2) is 48.5 Å². The molecule has 28 heavy (non-hydrogen) atoms. The minimum absolute atomic E-state index is 0.139. The van der Waals surface area contributed by atoms with Crippen LogP contribution in [0.5, 0.6) is 5.75 Å². The number of hydrogen-bond donors (Lipinski definition) is 3. The highest BCUT2D eigenvalue weighted by molar-refractivity contribution is 5.96. The highest BCUT2D eigenvalue weighted by Crippen LogP contribution is 2.14. The number of rotatable bonds is 9. The molecule has 0 spiro atoms. The van der Waals surface area contributed by atoms with Crippen molar-refractivity contribution in [2.24, 2.45) is 0 Å². The van der Waals surface area contributed by atoms with Crippen LogP contribution in [0.3, 0.4) is 0 Å². The molecule has 0 unspecified atom stereocenters. The van der Waals surface area contributed by atoms with Crippen molar-refractivity contribution in [3.05, 3.63) is 59.7 Å². The summed E-state index contributed by atoms with van der Waals surface area (Å²) in [6.07, 6.45) is 0.248. The molecule has 0 aliphatic rings. The molecule has 7 heteroatoms. The molecule has 0 heterocycles. The van der Waals surface area contributed by atoms with E-state index in [0.29, 0.717) is 30.9 Å². The number of carbonyl (C=O) groups excluding carboxylic acids is 3. The van der Waals surface area contributed by atoms with E-state index in [9.17, 15) is 14.4 Å². The predicted molar refractivity (Wildman–Crippen MR) is 107 cm³/mol. The summed E-state index contributed by atoms with van der Waals surface area (Å²) >= 11 is 0. The van der Waals surface area contributed by atoms with Crippen LogP contribution in [0.25, 0.3) is 0 Å². The third kappa shape index (κ3) is 7.11. The van der Waals surface area contributed by atoms with Gasteiger partial charge in [0.05, 0.1) is 13.0 Å². The molecule has 2 rings (SSSR count). The van der Waals surface area contributed by atoms with E-state index in [1.807, 2.05) is 31.2 Å². The van der Waals surface area contributed by atoms with Gasteiger partial charge in [-0.25, -0.2) is 0 Å². The van der Waals surface area contributed by atoms with Gasteiger partial charge in [0.2, 0.25) is 11.8 Å². The Morgan fingerprint density at radius 3 is 2.14 bits per heavy atom. The Morgan fingerprint density at radius 1 is 0.893 bits per heavy atom. The van der Waals surface area contributed by atoms with Gasteiger partial charge in [-0.3, -0.25) is 14.4 Å². The van der Waals surface area contributed by atoms with E-state index in [2.05, 4.69) is 16.0 Å². The zero-order valence-electron chi connectivity index (χ0n) is 16.1. The summed E-state index contributed by atoms with van der Waals surface area (Å²) in [6, 6.07) is 14.0. The molecule has 0 saturated heterocycles. The minimum Gasteiger partial charge on any atom is -0.494 e. The molecule has 0 atom stereocenters. The van der Waals surface area contributed by atoms with Gasteiger partial charge >= 0.3 is 0 Å². The van der Waals surface area contributed by atoms with Crippen molar-refractivity contribution in [2.75, 3.05) is 25.0 Å². The Morgan fingerprint density at radius 2 is 1.54 bits per heavy atom. The average molecular weight is 383 g/mol. The summed E-state index contributed by atoms with van der Waals surface area (Å²) in [4.78, 5) is 35.0. The van der Waals surface area contributed by atoms with Crippen molar-refractivity contribution in [3.63, 3.8) is 0 Å². The first-order valence-corrected chi connectivity index (χ1v) is 9.12. The quantitative estimate of drug-likeness (QED) is 0.578. The van der Waals surface area contributed by atoms with Gasteiger partial charge in [-0.05, 0) is 48.9 Å². The molecule has 148 valence electrons. The largest absolute Gasteiger partial charge is 0.494 e. The molecule has 0 bridgehead atoms. The van der Waals surface area contributed by atoms with E-state index in [1.165, 1.54) is 6.92 Å². The summed E-state index contributed by atoms with van der Waals surface area (Å²) in [5.41, 5.74) is 1.98. The van der Waals surface area contributed by atoms with Gasteiger partial charge in [-0.1, -0.05) is 12.1 Å². The van der Waals surface area contributed by atoms with Crippen LogP contribution in [0.4, 0.5) is 5.69 Å². The topological polar surface area (TPSA) is 96.5 Å². The number of carbonyl (C=O) groups is 3. The molecule has 0 radical (unpaired) electrons. The molecule has 0 aliphatic heterocycles. The van der Waals surface area contributed by atoms with Crippen molar-refractivity contribution in [3.8, 4) is 5.75 Å². The Balaban J connectivity index is 1.81. The fourth-order valence-corrected chi connectivity index (χ4v) is 2.48. The zero-order chi connectivity index (χ0) is 20.4. The molecule has 2 aromatic rings. The van der Waals surface area contributed by atoms with Gasteiger partial charge in [0, 0.05) is 31.3 Å². The summed E-state index contributed by atoms with van der Waals surface area (Å²) < 4.78 is 5.38. The van der Waals surface area contributed by atoms with Crippen LogP contribution in [0.2, 0.25) is 0 Å². The summed E-state index contributed by atoms with van der Waals surface area (Å²) in [7, 11) is 0. The molecule has 0 aromatic heterocycles. The minimum atomic E-state index is -0.238. The maximum Gasteiger partial charge on any atom is 0.251 e. The smallest absolute Gasteiger partial charge is 0.251 e. The highest BCUT2D eigenvalue weighted by Gasteiger charge is 2.07. The van der Waals surface area contributed by atoms with Crippen molar-refractivity contribution < 1.29 is 19.1 Å². The number of amides is 3. The monoisotopic (exact) mass is 383 g/mol. The van der Waals surface area contributed by atoms with Gasteiger partial charge in [-0.2, -0.15) is 0 Å². The SMILES string of the molecule is CCOc1ccc(CC(=O)Nc2ccc(C(=O)NCCNC(C)=O)cc2)cc1. The third-order valence-corrected chi connectivity index (χ3v) is 3.81. The summed E-state index contributed by atoms with van der Waals surface area (Å²) in [6.45, 7) is 4.66. The second kappa shape index (κ2) is 10.7. The van der Waals surface area contributed by atoms with Crippen LogP contribution in [-0.2, 0) is 16.0 Å². The van der Waals surface area contributed by atoms with E-state index < -0.39 is 0 Å². The fourth-order valence-electron chi connectivity index (χ4n) is 2.48. The Labute approximate surface area is 164 Å². The van der Waals surface area contributed by atoms with Crippen LogP contribution in [0.1, 0.15) is 29.8 Å². The van der Waals surface area contributed by atoms with Gasteiger partial charge in [0.1, 0.15) is 5.75 Å². The summed E-state index contributed by atoms with van der Waals surface area (Å²) in [5.74, 6) is 0.256. The highest BCUT2D eigenvalue weighted by atomic mass is 16.5. The number of nitrogens with one attached hydrogen (secondary N) is 3. The molecule has 0 aliphatic carbocycles. The first-order chi connectivity index (χ1) is 13.5. The molecule has 7 nitrogen and oxygen atoms in total. The maximum atomic E-state index is 12.2.